The fourth-order valence-corrected chi connectivity index (χ4v) is 3.32. The van der Waals surface area contributed by atoms with Crippen LogP contribution in [0.25, 0.3) is 0 Å². The highest BCUT2D eigenvalue weighted by atomic mass is 28.3. The molecule has 0 saturated heterocycles. The third-order valence-corrected chi connectivity index (χ3v) is 5.56. The SMILES string of the molecule is COc1cccc(COCc2ccc([Si](C)(C)C)cc2)c1. The van der Waals surface area contributed by atoms with Crippen molar-refractivity contribution in [3.8, 4) is 5.75 Å². The summed E-state index contributed by atoms with van der Waals surface area (Å²) in [5.41, 5.74) is 2.35. The van der Waals surface area contributed by atoms with Gasteiger partial charge in [-0.05, 0) is 23.3 Å². The van der Waals surface area contributed by atoms with Crippen LogP contribution in [-0.4, -0.2) is 15.2 Å². The Bertz CT molecular complexity index is 571. The molecule has 0 aliphatic rings. The molecule has 0 heterocycles. The van der Waals surface area contributed by atoms with Crippen LogP contribution in [0.2, 0.25) is 19.6 Å². The zero-order valence-electron chi connectivity index (χ0n) is 13.3. The Morgan fingerprint density at radius 2 is 1.52 bits per heavy atom. The van der Waals surface area contributed by atoms with Gasteiger partial charge in [0.05, 0.1) is 28.4 Å². The monoisotopic (exact) mass is 300 g/mol. The molecule has 0 aromatic heterocycles. The Labute approximate surface area is 128 Å². The minimum atomic E-state index is -1.21. The van der Waals surface area contributed by atoms with Gasteiger partial charge in [-0.1, -0.05) is 61.2 Å². The predicted molar refractivity (Wildman–Crippen MR) is 90.9 cm³/mol. The van der Waals surface area contributed by atoms with Crippen LogP contribution in [0.5, 0.6) is 5.75 Å². The van der Waals surface area contributed by atoms with Crippen molar-refractivity contribution in [2.24, 2.45) is 0 Å². The molecule has 21 heavy (non-hydrogen) atoms. The maximum atomic E-state index is 5.79. The van der Waals surface area contributed by atoms with E-state index in [1.54, 1.807) is 7.11 Å². The Kier molecular flexibility index (Phi) is 5.20. The fraction of sp³-hybridized carbons (Fsp3) is 0.333. The molecule has 0 bridgehead atoms. The van der Waals surface area contributed by atoms with Crippen LogP contribution in [0.4, 0.5) is 0 Å². The van der Waals surface area contributed by atoms with Crippen molar-refractivity contribution in [1.82, 2.24) is 0 Å². The number of benzene rings is 2. The van der Waals surface area contributed by atoms with Crippen LogP contribution in [0, 0.1) is 0 Å². The largest absolute Gasteiger partial charge is 0.497 e. The summed E-state index contributed by atoms with van der Waals surface area (Å²) in [6, 6.07) is 16.8. The molecule has 2 aromatic rings. The van der Waals surface area contributed by atoms with Crippen LogP contribution >= 0.6 is 0 Å². The molecule has 0 aliphatic heterocycles. The van der Waals surface area contributed by atoms with E-state index in [0.29, 0.717) is 13.2 Å². The van der Waals surface area contributed by atoms with E-state index < -0.39 is 8.07 Å². The summed E-state index contributed by atoms with van der Waals surface area (Å²) in [5.74, 6) is 0.871. The minimum Gasteiger partial charge on any atom is -0.497 e. The van der Waals surface area contributed by atoms with Crippen LogP contribution in [-0.2, 0) is 18.0 Å². The molecule has 0 atom stereocenters. The molecule has 2 nitrogen and oxygen atoms in total. The number of rotatable bonds is 6. The second-order valence-corrected chi connectivity index (χ2v) is 11.4. The highest BCUT2D eigenvalue weighted by Gasteiger charge is 2.15. The van der Waals surface area contributed by atoms with Gasteiger partial charge in [-0.3, -0.25) is 0 Å². The predicted octanol–water partition coefficient (Wildman–Crippen LogP) is 3.96. The van der Waals surface area contributed by atoms with E-state index in [9.17, 15) is 0 Å². The van der Waals surface area contributed by atoms with Crippen molar-refractivity contribution in [1.29, 1.82) is 0 Å². The van der Waals surface area contributed by atoms with E-state index in [4.69, 9.17) is 9.47 Å². The molecular formula is C18H24O2Si. The van der Waals surface area contributed by atoms with Gasteiger partial charge in [0.2, 0.25) is 0 Å². The molecule has 0 amide bonds. The van der Waals surface area contributed by atoms with Crippen LogP contribution < -0.4 is 9.92 Å². The maximum Gasteiger partial charge on any atom is 0.119 e. The summed E-state index contributed by atoms with van der Waals surface area (Å²) in [6.07, 6.45) is 0. The van der Waals surface area contributed by atoms with Gasteiger partial charge in [0, 0.05) is 0 Å². The summed E-state index contributed by atoms with van der Waals surface area (Å²) in [6.45, 7) is 8.33. The van der Waals surface area contributed by atoms with E-state index in [2.05, 4.69) is 50.0 Å². The lowest BCUT2D eigenvalue weighted by molar-refractivity contribution is 0.107. The van der Waals surface area contributed by atoms with Crippen molar-refractivity contribution < 1.29 is 9.47 Å². The summed E-state index contributed by atoms with van der Waals surface area (Å²) >= 11 is 0. The van der Waals surface area contributed by atoms with Gasteiger partial charge in [0.25, 0.3) is 0 Å². The maximum absolute atomic E-state index is 5.79. The molecule has 0 radical (unpaired) electrons. The summed E-state index contributed by atoms with van der Waals surface area (Å²) < 4.78 is 11.0. The molecule has 0 spiro atoms. The lowest BCUT2D eigenvalue weighted by Gasteiger charge is -2.16. The summed E-state index contributed by atoms with van der Waals surface area (Å²) in [7, 11) is 0.475. The van der Waals surface area contributed by atoms with Gasteiger partial charge in [0.1, 0.15) is 5.75 Å². The normalized spacial score (nSPS) is 11.4. The van der Waals surface area contributed by atoms with E-state index in [1.165, 1.54) is 10.8 Å². The van der Waals surface area contributed by atoms with Crippen molar-refractivity contribution >= 4 is 13.3 Å². The molecule has 112 valence electrons. The van der Waals surface area contributed by atoms with Crippen LogP contribution in [0.15, 0.2) is 48.5 Å². The lowest BCUT2D eigenvalue weighted by Crippen LogP contribution is -2.37. The lowest BCUT2D eigenvalue weighted by atomic mass is 10.2. The number of hydrogen-bond donors (Lipinski definition) is 0. The summed E-state index contributed by atoms with van der Waals surface area (Å²) in [4.78, 5) is 0. The van der Waals surface area contributed by atoms with Crippen molar-refractivity contribution in [3.05, 3.63) is 59.7 Å². The molecule has 0 N–H and O–H groups in total. The first-order valence-corrected chi connectivity index (χ1v) is 10.8. The van der Waals surface area contributed by atoms with Crippen LogP contribution in [0.3, 0.4) is 0 Å². The van der Waals surface area contributed by atoms with Crippen molar-refractivity contribution in [2.75, 3.05) is 7.11 Å². The quantitative estimate of drug-likeness (QED) is 0.752. The Morgan fingerprint density at radius 1 is 0.857 bits per heavy atom. The third kappa shape index (κ3) is 4.72. The number of ether oxygens (including phenoxy) is 2. The van der Waals surface area contributed by atoms with Gasteiger partial charge in [-0.25, -0.2) is 0 Å². The zero-order valence-corrected chi connectivity index (χ0v) is 14.3. The minimum absolute atomic E-state index is 0.604. The number of hydrogen-bond acceptors (Lipinski definition) is 2. The van der Waals surface area contributed by atoms with Gasteiger partial charge in [0.15, 0.2) is 0 Å². The fourth-order valence-electron chi connectivity index (χ4n) is 2.15. The van der Waals surface area contributed by atoms with E-state index >= 15 is 0 Å². The first-order chi connectivity index (χ1) is 9.99. The molecule has 0 aliphatic carbocycles. The molecule has 2 aromatic carbocycles. The summed E-state index contributed by atoms with van der Waals surface area (Å²) in [5, 5.41) is 1.49. The Balaban J connectivity index is 1.88. The topological polar surface area (TPSA) is 18.5 Å². The molecule has 0 unspecified atom stereocenters. The first kappa shape index (κ1) is 15.8. The van der Waals surface area contributed by atoms with Crippen molar-refractivity contribution in [2.45, 2.75) is 32.9 Å². The standard InChI is InChI=1S/C18H24O2Si/c1-19-17-7-5-6-16(12-17)14-20-13-15-8-10-18(11-9-15)21(2,3)4/h5-12H,13-14H2,1-4H3. The van der Waals surface area contributed by atoms with E-state index in [1.807, 2.05) is 18.2 Å². The molecule has 2 rings (SSSR count). The van der Waals surface area contributed by atoms with E-state index in [0.717, 1.165) is 11.3 Å². The molecular weight excluding hydrogens is 276 g/mol. The van der Waals surface area contributed by atoms with Crippen molar-refractivity contribution in [3.63, 3.8) is 0 Å². The highest BCUT2D eigenvalue weighted by molar-refractivity contribution is 6.88. The Morgan fingerprint density at radius 3 is 2.14 bits per heavy atom. The third-order valence-electron chi connectivity index (χ3n) is 3.49. The molecule has 0 saturated carbocycles. The Hall–Kier alpha value is -1.58. The first-order valence-electron chi connectivity index (χ1n) is 7.29. The average Bonchev–Trinajstić information content (AvgIpc) is 2.47. The second kappa shape index (κ2) is 6.92. The second-order valence-electron chi connectivity index (χ2n) is 6.29. The van der Waals surface area contributed by atoms with Gasteiger partial charge in [-0.2, -0.15) is 0 Å². The van der Waals surface area contributed by atoms with E-state index in [-0.39, 0.29) is 0 Å². The molecule has 0 fully saturated rings. The molecule has 3 heteroatoms. The van der Waals surface area contributed by atoms with Crippen LogP contribution in [0.1, 0.15) is 11.1 Å². The zero-order chi connectivity index (χ0) is 15.3. The van der Waals surface area contributed by atoms with Gasteiger partial charge < -0.3 is 9.47 Å². The highest BCUT2D eigenvalue weighted by Crippen LogP contribution is 2.14. The van der Waals surface area contributed by atoms with Gasteiger partial charge in [-0.15, -0.1) is 0 Å². The average molecular weight is 300 g/mol. The van der Waals surface area contributed by atoms with Gasteiger partial charge >= 0.3 is 0 Å². The number of methoxy groups -OCH3 is 1. The smallest absolute Gasteiger partial charge is 0.119 e.